The summed E-state index contributed by atoms with van der Waals surface area (Å²) in [5, 5.41) is 0. The summed E-state index contributed by atoms with van der Waals surface area (Å²) in [5.74, 6) is 1.61. The fraction of sp³-hybridized carbons (Fsp3) is 0.250. The third-order valence-corrected chi connectivity index (χ3v) is 3.46. The van der Waals surface area contributed by atoms with Crippen molar-refractivity contribution < 1.29 is 23.7 Å². The molecule has 0 unspecified atom stereocenters. The van der Waals surface area contributed by atoms with Gasteiger partial charge in [-0.2, -0.15) is 0 Å². The molecule has 0 N–H and O–H groups in total. The molecule has 0 aliphatic carbocycles. The minimum absolute atomic E-state index is 0.177. The van der Waals surface area contributed by atoms with E-state index in [0.717, 1.165) is 16.9 Å². The maximum absolute atomic E-state index is 11.8. The van der Waals surface area contributed by atoms with Gasteiger partial charge in [-0.15, -0.1) is 0 Å². The van der Waals surface area contributed by atoms with Gasteiger partial charge in [0, 0.05) is 17.7 Å². The van der Waals surface area contributed by atoms with Crippen molar-refractivity contribution in [1.82, 2.24) is 0 Å². The summed E-state index contributed by atoms with van der Waals surface area (Å²) in [6, 6.07) is 13.0. The lowest BCUT2D eigenvalue weighted by molar-refractivity contribution is -0.138. The third-order valence-electron chi connectivity index (χ3n) is 3.46. The molecule has 0 bridgehead atoms. The van der Waals surface area contributed by atoms with Crippen LogP contribution < -0.4 is 14.2 Å². The van der Waals surface area contributed by atoms with Gasteiger partial charge in [0.2, 0.25) is 0 Å². The summed E-state index contributed by atoms with van der Waals surface area (Å²) in [4.78, 5) is 11.8. The van der Waals surface area contributed by atoms with Gasteiger partial charge in [-0.25, -0.2) is 4.79 Å². The quantitative estimate of drug-likeness (QED) is 0.416. The monoisotopic (exact) mass is 342 g/mol. The van der Waals surface area contributed by atoms with E-state index in [1.54, 1.807) is 32.4 Å². The number of hydrogen-bond acceptors (Lipinski definition) is 5. The van der Waals surface area contributed by atoms with Gasteiger partial charge in [0.1, 0.15) is 30.5 Å². The first kappa shape index (κ1) is 18.4. The van der Waals surface area contributed by atoms with E-state index in [1.807, 2.05) is 37.3 Å². The highest BCUT2D eigenvalue weighted by atomic mass is 16.6. The zero-order valence-electron chi connectivity index (χ0n) is 14.7. The van der Waals surface area contributed by atoms with Crippen LogP contribution in [0.2, 0.25) is 0 Å². The van der Waals surface area contributed by atoms with Crippen molar-refractivity contribution in [1.29, 1.82) is 0 Å². The molecule has 0 atom stereocenters. The van der Waals surface area contributed by atoms with E-state index in [0.29, 0.717) is 18.1 Å². The Morgan fingerprint density at radius 1 is 0.960 bits per heavy atom. The highest BCUT2D eigenvalue weighted by molar-refractivity contribution is 5.87. The number of rotatable bonds is 8. The second-order valence-electron chi connectivity index (χ2n) is 5.27. The minimum atomic E-state index is -0.439. The summed E-state index contributed by atoms with van der Waals surface area (Å²) in [7, 11) is 3.15. The Balaban J connectivity index is 1.79. The average Bonchev–Trinajstić information content (AvgIpc) is 2.64. The van der Waals surface area contributed by atoms with Crippen LogP contribution in [-0.4, -0.2) is 33.4 Å². The van der Waals surface area contributed by atoms with Crippen LogP contribution in [0.1, 0.15) is 11.1 Å². The fourth-order valence-electron chi connectivity index (χ4n) is 2.10. The number of esters is 1. The fourth-order valence-corrected chi connectivity index (χ4v) is 2.10. The molecular weight excluding hydrogens is 320 g/mol. The first-order valence-corrected chi connectivity index (χ1v) is 7.88. The lowest BCUT2D eigenvalue weighted by Crippen LogP contribution is -2.10. The molecule has 0 radical (unpaired) electrons. The molecule has 5 nitrogen and oxygen atoms in total. The van der Waals surface area contributed by atoms with Gasteiger partial charge in [0.25, 0.3) is 0 Å². The molecule has 0 saturated heterocycles. The van der Waals surface area contributed by atoms with Crippen LogP contribution >= 0.6 is 0 Å². The maximum Gasteiger partial charge on any atom is 0.330 e. The Labute approximate surface area is 147 Å². The van der Waals surface area contributed by atoms with Gasteiger partial charge >= 0.3 is 5.97 Å². The number of benzene rings is 2. The van der Waals surface area contributed by atoms with Crippen LogP contribution in [-0.2, 0) is 9.53 Å². The summed E-state index contributed by atoms with van der Waals surface area (Å²) >= 11 is 0. The summed E-state index contributed by atoms with van der Waals surface area (Å²) in [6.45, 7) is 2.49. The number of hydrogen-bond donors (Lipinski definition) is 0. The van der Waals surface area contributed by atoms with Gasteiger partial charge < -0.3 is 18.9 Å². The Morgan fingerprint density at radius 3 is 2.36 bits per heavy atom. The Bertz CT molecular complexity index is 719. The predicted molar refractivity (Wildman–Crippen MR) is 96.2 cm³/mol. The lowest BCUT2D eigenvalue weighted by atomic mass is 10.2. The minimum Gasteiger partial charge on any atom is -0.497 e. The molecule has 132 valence electrons. The normalized spacial score (nSPS) is 10.5. The van der Waals surface area contributed by atoms with E-state index in [9.17, 15) is 4.79 Å². The van der Waals surface area contributed by atoms with Crippen molar-refractivity contribution in [3.05, 3.63) is 59.7 Å². The second kappa shape index (κ2) is 9.37. The van der Waals surface area contributed by atoms with Crippen molar-refractivity contribution >= 4 is 12.0 Å². The number of carbonyl (C=O) groups excluding carboxylic acids is 1. The number of carbonyl (C=O) groups is 1. The Hall–Kier alpha value is -2.95. The molecule has 0 aliphatic rings. The smallest absolute Gasteiger partial charge is 0.330 e. The number of methoxy groups -OCH3 is 2. The highest BCUT2D eigenvalue weighted by Gasteiger charge is 2.04. The van der Waals surface area contributed by atoms with Gasteiger partial charge in [-0.3, -0.25) is 0 Å². The molecule has 0 aromatic heterocycles. The molecule has 0 aliphatic heterocycles. The van der Waals surface area contributed by atoms with Crippen molar-refractivity contribution in [2.24, 2.45) is 0 Å². The van der Waals surface area contributed by atoms with Crippen LogP contribution in [0.25, 0.3) is 6.08 Å². The molecule has 2 aromatic rings. The van der Waals surface area contributed by atoms with Crippen LogP contribution in [0, 0.1) is 6.92 Å². The van der Waals surface area contributed by atoms with Gasteiger partial charge in [0.15, 0.2) is 0 Å². The van der Waals surface area contributed by atoms with E-state index in [2.05, 4.69) is 0 Å². The highest BCUT2D eigenvalue weighted by Crippen LogP contribution is 2.25. The predicted octanol–water partition coefficient (Wildman–Crippen LogP) is 3.65. The van der Waals surface area contributed by atoms with E-state index in [4.69, 9.17) is 18.9 Å². The van der Waals surface area contributed by atoms with Crippen molar-refractivity contribution in [3.8, 4) is 17.2 Å². The molecule has 2 aromatic carbocycles. The Morgan fingerprint density at radius 2 is 1.68 bits per heavy atom. The SMILES string of the molecule is COc1ccc(C=CC(=O)OCCOc2ccc(C)cc2)c(OC)c1. The molecule has 25 heavy (non-hydrogen) atoms. The Kier molecular flexibility index (Phi) is 6.89. The molecule has 0 fully saturated rings. The topological polar surface area (TPSA) is 54.0 Å². The number of aryl methyl sites for hydroxylation is 1. The molecule has 0 saturated carbocycles. The average molecular weight is 342 g/mol. The zero-order chi connectivity index (χ0) is 18.1. The summed E-state index contributed by atoms with van der Waals surface area (Å²) in [5.41, 5.74) is 1.93. The molecule has 0 amide bonds. The van der Waals surface area contributed by atoms with Crippen LogP contribution in [0.3, 0.4) is 0 Å². The molecule has 0 spiro atoms. The second-order valence-corrected chi connectivity index (χ2v) is 5.27. The summed E-state index contributed by atoms with van der Waals surface area (Å²) in [6.07, 6.45) is 3.00. The van der Waals surface area contributed by atoms with Crippen molar-refractivity contribution in [2.75, 3.05) is 27.4 Å². The van der Waals surface area contributed by atoms with Crippen molar-refractivity contribution in [2.45, 2.75) is 6.92 Å². The van der Waals surface area contributed by atoms with Gasteiger partial charge in [-0.1, -0.05) is 17.7 Å². The van der Waals surface area contributed by atoms with E-state index in [-0.39, 0.29) is 6.61 Å². The van der Waals surface area contributed by atoms with Crippen LogP contribution in [0.5, 0.6) is 17.2 Å². The zero-order valence-corrected chi connectivity index (χ0v) is 14.7. The van der Waals surface area contributed by atoms with Gasteiger partial charge in [0.05, 0.1) is 14.2 Å². The van der Waals surface area contributed by atoms with E-state index < -0.39 is 5.97 Å². The first-order chi connectivity index (χ1) is 12.1. The summed E-state index contributed by atoms with van der Waals surface area (Å²) < 4.78 is 21.0. The van der Waals surface area contributed by atoms with Crippen LogP contribution in [0.4, 0.5) is 0 Å². The maximum atomic E-state index is 11.8. The largest absolute Gasteiger partial charge is 0.497 e. The van der Waals surface area contributed by atoms with E-state index >= 15 is 0 Å². The third kappa shape index (κ3) is 5.88. The first-order valence-electron chi connectivity index (χ1n) is 7.88. The van der Waals surface area contributed by atoms with E-state index in [1.165, 1.54) is 6.08 Å². The molecule has 5 heteroatoms. The lowest BCUT2D eigenvalue weighted by Gasteiger charge is -2.08. The molecule has 2 rings (SSSR count). The molecular formula is C20H22O5. The van der Waals surface area contributed by atoms with Crippen molar-refractivity contribution in [3.63, 3.8) is 0 Å². The van der Waals surface area contributed by atoms with Crippen LogP contribution in [0.15, 0.2) is 48.5 Å². The van der Waals surface area contributed by atoms with Gasteiger partial charge in [-0.05, 0) is 37.3 Å². The standard InChI is InChI=1S/C20H22O5/c1-15-4-8-17(9-5-15)24-12-13-25-20(21)11-7-16-6-10-18(22-2)14-19(16)23-3/h4-11,14H,12-13H2,1-3H3. The number of ether oxygens (including phenoxy) is 4. The molecule has 0 heterocycles.